The number of aromatic nitrogens is 2. The predicted octanol–water partition coefficient (Wildman–Crippen LogP) is 3.99. The van der Waals surface area contributed by atoms with Gasteiger partial charge in [-0.1, -0.05) is 0 Å². The van der Waals surface area contributed by atoms with Crippen molar-refractivity contribution in [2.24, 2.45) is 0 Å². The number of alkyl halides is 5. The normalized spacial score (nSPS) is 11.6. The van der Waals surface area contributed by atoms with Crippen molar-refractivity contribution in [2.45, 2.75) is 19.5 Å². The van der Waals surface area contributed by atoms with Gasteiger partial charge < -0.3 is 5.32 Å². The third-order valence-corrected chi connectivity index (χ3v) is 2.78. The maximum Gasteiger partial charge on any atom is 0.416 e. The Morgan fingerprint density at radius 3 is 2.26 bits per heavy atom. The molecule has 0 unspecified atom stereocenters. The Balaban J connectivity index is 2.19. The Labute approximate surface area is 127 Å². The number of amides is 1. The third kappa shape index (κ3) is 4.21. The SMILES string of the molecule is Cc1nc(C(=O)Nc2ccc(C(F)(F)F)cc2)cc(C(F)F)n1. The molecule has 0 fully saturated rings. The smallest absolute Gasteiger partial charge is 0.321 e. The molecule has 0 saturated heterocycles. The van der Waals surface area contributed by atoms with Crippen LogP contribution in [0.1, 0.15) is 34.0 Å². The van der Waals surface area contributed by atoms with Gasteiger partial charge in [0.05, 0.1) is 5.56 Å². The second-order valence-electron chi connectivity index (χ2n) is 4.56. The van der Waals surface area contributed by atoms with Crippen LogP contribution in [0.5, 0.6) is 0 Å². The van der Waals surface area contributed by atoms with E-state index in [9.17, 15) is 26.7 Å². The Hall–Kier alpha value is -2.58. The van der Waals surface area contributed by atoms with Crippen LogP contribution in [0.15, 0.2) is 30.3 Å². The molecule has 1 amide bonds. The Morgan fingerprint density at radius 1 is 1.13 bits per heavy atom. The van der Waals surface area contributed by atoms with Crippen molar-refractivity contribution < 1.29 is 26.7 Å². The Kier molecular flexibility index (Phi) is 4.57. The highest BCUT2D eigenvalue weighted by molar-refractivity contribution is 6.02. The first-order valence-electron chi connectivity index (χ1n) is 6.29. The fourth-order valence-corrected chi connectivity index (χ4v) is 1.76. The van der Waals surface area contributed by atoms with Crippen LogP contribution in [0.2, 0.25) is 0 Å². The number of nitrogens with zero attached hydrogens (tertiary/aromatic N) is 2. The van der Waals surface area contributed by atoms with Crippen LogP contribution < -0.4 is 5.32 Å². The molecule has 2 rings (SSSR count). The summed E-state index contributed by atoms with van der Waals surface area (Å²) in [4.78, 5) is 19.2. The minimum Gasteiger partial charge on any atom is -0.321 e. The minimum atomic E-state index is -4.49. The molecule has 0 aliphatic rings. The number of anilines is 1. The van der Waals surface area contributed by atoms with Crippen molar-refractivity contribution in [1.82, 2.24) is 9.97 Å². The molecule has 9 heteroatoms. The van der Waals surface area contributed by atoms with Gasteiger partial charge >= 0.3 is 6.18 Å². The summed E-state index contributed by atoms with van der Waals surface area (Å²) >= 11 is 0. The minimum absolute atomic E-state index is 0.0135. The number of hydrogen-bond acceptors (Lipinski definition) is 3. The van der Waals surface area contributed by atoms with Gasteiger partial charge in [-0.2, -0.15) is 13.2 Å². The lowest BCUT2D eigenvalue weighted by atomic mass is 10.2. The number of carbonyl (C=O) groups excluding carboxylic acids is 1. The highest BCUT2D eigenvalue weighted by atomic mass is 19.4. The second kappa shape index (κ2) is 6.27. The van der Waals surface area contributed by atoms with E-state index in [1.54, 1.807) is 0 Å². The maximum atomic E-state index is 12.6. The molecule has 1 heterocycles. The average Bonchev–Trinajstić information content (AvgIpc) is 2.46. The lowest BCUT2D eigenvalue weighted by Gasteiger charge is -2.09. The summed E-state index contributed by atoms with van der Waals surface area (Å²) in [5.74, 6) is -0.836. The summed E-state index contributed by atoms with van der Waals surface area (Å²) in [5.41, 5.74) is -1.69. The summed E-state index contributed by atoms with van der Waals surface area (Å²) in [5, 5.41) is 2.29. The molecular weight excluding hydrogens is 321 g/mol. The number of aryl methyl sites for hydroxylation is 1. The summed E-state index contributed by atoms with van der Waals surface area (Å²) in [6, 6.07) is 4.54. The highest BCUT2D eigenvalue weighted by Crippen LogP contribution is 2.29. The predicted molar refractivity (Wildman–Crippen MR) is 71.1 cm³/mol. The molecule has 0 bridgehead atoms. The lowest BCUT2D eigenvalue weighted by molar-refractivity contribution is -0.137. The molecule has 0 aliphatic carbocycles. The summed E-state index contributed by atoms with van der Waals surface area (Å²) < 4.78 is 62.6. The molecule has 0 spiro atoms. The van der Waals surface area contributed by atoms with Crippen LogP contribution in [0.3, 0.4) is 0 Å². The summed E-state index contributed by atoms with van der Waals surface area (Å²) in [6.07, 6.45) is -7.35. The molecule has 1 aromatic heterocycles. The third-order valence-electron chi connectivity index (χ3n) is 2.78. The highest BCUT2D eigenvalue weighted by Gasteiger charge is 2.30. The van der Waals surface area contributed by atoms with Gasteiger partial charge in [-0.25, -0.2) is 18.7 Å². The number of benzene rings is 1. The molecule has 23 heavy (non-hydrogen) atoms. The lowest BCUT2D eigenvalue weighted by Crippen LogP contribution is -2.16. The van der Waals surface area contributed by atoms with E-state index in [0.29, 0.717) is 0 Å². The van der Waals surface area contributed by atoms with E-state index in [1.807, 2.05) is 0 Å². The number of nitrogens with one attached hydrogen (secondary N) is 1. The number of carbonyl (C=O) groups is 1. The van der Waals surface area contributed by atoms with Crippen molar-refractivity contribution in [3.63, 3.8) is 0 Å². The molecule has 0 aliphatic heterocycles. The van der Waals surface area contributed by atoms with Crippen molar-refractivity contribution in [3.8, 4) is 0 Å². The van der Waals surface area contributed by atoms with Crippen molar-refractivity contribution >= 4 is 11.6 Å². The van der Waals surface area contributed by atoms with E-state index in [4.69, 9.17) is 0 Å². The fraction of sp³-hybridized carbons (Fsp3) is 0.214. The van der Waals surface area contributed by atoms with Crippen LogP contribution in [-0.2, 0) is 6.18 Å². The zero-order valence-corrected chi connectivity index (χ0v) is 11.7. The first kappa shape index (κ1) is 16.8. The standard InChI is InChI=1S/C14H10F5N3O/c1-7-20-10(12(15)16)6-11(21-7)13(23)22-9-4-2-8(3-5-9)14(17,18)19/h2-6,12H,1H3,(H,22,23). The van der Waals surface area contributed by atoms with Gasteiger partial charge in [-0.3, -0.25) is 4.79 Å². The molecular formula is C14H10F5N3O. The molecule has 1 N–H and O–H groups in total. The van der Waals surface area contributed by atoms with Gasteiger partial charge in [0.15, 0.2) is 0 Å². The molecule has 2 aromatic rings. The largest absolute Gasteiger partial charge is 0.416 e. The summed E-state index contributed by atoms with van der Waals surface area (Å²) in [7, 11) is 0. The van der Waals surface area contributed by atoms with Crippen molar-refractivity contribution in [1.29, 1.82) is 0 Å². The van der Waals surface area contributed by atoms with Gasteiger partial charge in [0.2, 0.25) is 0 Å². The van der Waals surface area contributed by atoms with Gasteiger partial charge in [-0.05, 0) is 37.3 Å². The number of hydrogen-bond donors (Lipinski definition) is 1. The molecule has 122 valence electrons. The second-order valence-corrected chi connectivity index (χ2v) is 4.56. The Morgan fingerprint density at radius 2 is 1.74 bits per heavy atom. The average molecular weight is 331 g/mol. The molecule has 4 nitrogen and oxygen atoms in total. The summed E-state index contributed by atoms with van der Waals surface area (Å²) in [6.45, 7) is 1.35. The fourth-order valence-electron chi connectivity index (χ4n) is 1.76. The first-order valence-corrected chi connectivity index (χ1v) is 6.29. The zero-order chi connectivity index (χ0) is 17.2. The zero-order valence-electron chi connectivity index (χ0n) is 11.7. The van der Waals surface area contributed by atoms with E-state index in [-0.39, 0.29) is 17.2 Å². The molecule has 0 atom stereocenters. The van der Waals surface area contributed by atoms with Crippen LogP contribution >= 0.6 is 0 Å². The van der Waals surface area contributed by atoms with Crippen molar-refractivity contribution in [2.75, 3.05) is 5.32 Å². The van der Waals surface area contributed by atoms with Gasteiger partial charge in [0.1, 0.15) is 17.2 Å². The first-order chi connectivity index (χ1) is 10.7. The number of rotatable bonds is 3. The number of halogens is 5. The van der Waals surface area contributed by atoms with E-state index >= 15 is 0 Å². The van der Waals surface area contributed by atoms with E-state index in [0.717, 1.165) is 30.3 Å². The molecule has 1 aromatic carbocycles. The quantitative estimate of drug-likeness (QED) is 0.865. The monoisotopic (exact) mass is 331 g/mol. The van der Waals surface area contributed by atoms with Gasteiger partial charge in [0, 0.05) is 5.69 Å². The van der Waals surface area contributed by atoms with Crippen LogP contribution in [0.25, 0.3) is 0 Å². The van der Waals surface area contributed by atoms with Crippen molar-refractivity contribution in [3.05, 3.63) is 53.1 Å². The van der Waals surface area contributed by atoms with E-state index in [2.05, 4.69) is 15.3 Å². The van der Waals surface area contributed by atoms with Gasteiger partial charge in [-0.15, -0.1) is 0 Å². The van der Waals surface area contributed by atoms with E-state index in [1.165, 1.54) is 6.92 Å². The van der Waals surface area contributed by atoms with E-state index < -0.39 is 29.8 Å². The molecule has 0 radical (unpaired) electrons. The van der Waals surface area contributed by atoms with Gasteiger partial charge in [0.25, 0.3) is 12.3 Å². The maximum absolute atomic E-state index is 12.6. The topological polar surface area (TPSA) is 54.9 Å². The Bertz CT molecular complexity index is 713. The van der Waals surface area contributed by atoms with Crippen LogP contribution in [0.4, 0.5) is 27.6 Å². The molecule has 0 saturated carbocycles. The van der Waals surface area contributed by atoms with Crippen LogP contribution in [0, 0.1) is 6.92 Å². The van der Waals surface area contributed by atoms with Crippen LogP contribution in [-0.4, -0.2) is 15.9 Å².